The molecule has 0 aliphatic rings. The van der Waals surface area contributed by atoms with Crippen LogP contribution in [0.5, 0.6) is 0 Å². The van der Waals surface area contributed by atoms with Crippen LogP contribution in [-0.4, -0.2) is 29.8 Å². The molecule has 1 atom stereocenters. The fourth-order valence-electron chi connectivity index (χ4n) is 1.77. The number of benzene rings is 1. The van der Waals surface area contributed by atoms with Gasteiger partial charge >= 0.3 is 0 Å². The summed E-state index contributed by atoms with van der Waals surface area (Å²) in [6, 6.07) is 5.68. The number of amides is 2. The van der Waals surface area contributed by atoms with Crippen molar-refractivity contribution in [1.29, 1.82) is 0 Å². The second kappa shape index (κ2) is 6.70. The summed E-state index contributed by atoms with van der Waals surface area (Å²) in [5, 5.41) is 2.68. The van der Waals surface area contributed by atoms with Crippen molar-refractivity contribution in [2.75, 3.05) is 7.05 Å². The maximum atomic E-state index is 13.6. The molecule has 1 N–H and O–H groups in total. The molecule has 0 radical (unpaired) electrons. The van der Waals surface area contributed by atoms with Gasteiger partial charge in [-0.1, -0.05) is 39.0 Å². The Morgan fingerprint density at radius 2 is 1.86 bits per heavy atom. The van der Waals surface area contributed by atoms with Gasteiger partial charge in [-0.3, -0.25) is 9.59 Å². The molecule has 21 heavy (non-hydrogen) atoms. The van der Waals surface area contributed by atoms with E-state index in [0.717, 1.165) is 0 Å². The van der Waals surface area contributed by atoms with Crippen LogP contribution in [0.25, 0.3) is 0 Å². The van der Waals surface area contributed by atoms with E-state index in [-0.39, 0.29) is 24.2 Å². The molecule has 0 bridgehead atoms. The van der Waals surface area contributed by atoms with Gasteiger partial charge in [0.15, 0.2) is 0 Å². The lowest BCUT2D eigenvalue weighted by atomic mass is 9.95. The average Bonchev–Trinajstić information content (AvgIpc) is 2.39. The third kappa shape index (κ3) is 4.85. The summed E-state index contributed by atoms with van der Waals surface area (Å²) >= 11 is 0. The molecule has 4 nitrogen and oxygen atoms in total. The Morgan fingerprint density at radius 1 is 1.29 bits per heavy atom. The first-order chi connectivity index (χ1) is 9.62. The van der Waals surface area contributed by atoms with Crippen LogP contribution in [0.4, 0.5) is 4.39 Å². The second-order valence-corrected chi connectivity index (χ2v) is 6.23. The SMILES string of the molecule is CC(NC(=O)C(C)(C)C)C(=O)N(C)Cc1ccccc1F. The number of likely N-dealkylation sites (N-methyl/N-ethyl adjacent to an activating group) is 1. The second-order valence-electron chi connectivity index (χ2n) is 6.23. The summed E-state index contributed by atoms with van der Waals surface area (Å²) in [5.74, 6) is -0.790. The lowest BCUT2D eigenvalue weighted by Crippen LogP contribution is -2.48. The molecular weight excluding hydrogens is 271 g/mol. The standard InChI is InChI=1S/C16H23FN2O2/c1-11(18-15(21)16(2,3)4)14(20)19(5)10-12-8-6-7-9-13(12)17/h6-9,11H,10H2,1-5H3,(H,18,21). The van der Waals surface area contributed by atoms with E-state index >= 15 is 0 Å². The number of carbonyl (C=O) groups excluding carboxylic acids is 2. The van der Waals surface area contributed by atoms with Crippen molar-refractivity contribution in [3.05, 3.63) is 35.6 Å². The maximum Gasteiger partial charge on any atom is 0.244 e. The number of rotatable bonds is 4. The van der Waals surface area contributed by atoms with Crippen molar-refractivity contribution < 1.29 is 14.0 Å². The number of nitrogens with zero attached hydrogens (tertiary/aromatic N) is 1. The largest absolute Gasteiger partial charge is 0.344 e. The van der Waals surface area contributed by atoms with Crippen molar-refractivity contribution in [3.63, 3.8) is 0 Å². The predicted octanol–water partition coefficient (Wildman–Crippen LogP) is 2.33. The van der Waals surface area contributed by atoms with Crippen LogP contribution in [0.1, 0.15) is 33.3 Å². The van der Waals surface area contributed by atoms with Gasteiger partial charge in [-0.2, -0.15) is 0 Å². The average molecular weight is 294 g/mol. The smallest absolute Gasteiger partial charge is 0.244 e. The molecule has 0 saturated carbocycles. The number of nitrogens with one attached hydrogen (secondary N) is 1. The molecule has 0 fully saturated rings. The first kappa shape index (κ1) is 17.1. The van der Waals surface area contributed by atoms with Crippen LogP contribution in [0.15, 0.2) is 24.3 Å². The summed E-state index contributed by atoms with van der Waals surface area (Å²) in [7, 11) is 1.59. The maximum absolute atomic E-state index is 13.6. The first-order valence-electron chi connectivity index (χ1n) is 6.92. The van der Waals surface area contributed by atoms with Gasteiger partial charge in [0.05, 0.1) is 0 Å². The van der Waals surface area contributed by atoms with Gasteiger partial charge < -0.3 is 10.2 Å². The molecule has 0 heterocycles. The predicted molar refractivity (Wildman–Crippen MR) is 79.9 cm³/mol. The van der Waals surface area contributed by atoms with E-state index in [2.05, 4.69) is 5.32 Å². The monoisotopic (exact) mass is 294 g/mol. The highest BCUT2D eigenvalue weighted by Gasteiger charge is 2.26. The van der Waals surface area contributed by atoms with Crippen LogP contribution < -0.4 is 5.32 Å². The van der Waals surface area contributed by atoms with E-state index in [9.17, 15) is 14.0 Å². The minimum absolute atomic E-state index is 0.168. The zero-order valence-electron chi connectivity index (χ0n) is 13.2. The molecule has 0 spiro atoms. The molecule has 0 aliphatic heterocycles. The molecule has 2 amide bonds. The van der Waals surface area contributed by atoms with E-state index in [1.807, 2.05) is 0 Å². The Hall–Kier alpha value is -1.91. The van der Waals surface area contributed by atoms with Crippen LogP contribution in [0, 0.1) is 11.2 Å². The Bertz CT molecular complexity index is 523. The Balaban J connectivity index is 2.66. The highest BCUT2D eigenvalue weighted by Crippen LogP contribution is 2.14. The lowest BCUT2D eigenvalue weighted by molar-refractivity contribution is -0.137. The number of hydrogen-bond acceptors (Lipinski definition) is 2. The third-order valence-electron chi connectivity index (χ3n) is 3.14. The van der Waals surface area contributed by atoms with Crippen molar-refractivity contribution in [2.24, 2.45) is 5.41 Å². The van der Waals surface area contributed by atoms with Gasteiger partial charge in [-0.15, -0.1) is 0 Å². The van der Waals surface area contributed by atoms with Gasteiger partial charge in [0.25, 0.3) is 0 Å². The van der Waals surface area contributed by atoms with Crippen molar-refractivity contribution in [3.8, 4) is 0 Å². The summed E-state index contributed by atoms with van der Waals surface area (Å²) in [6.45, 7) is 7.14. The normalized spacial score (nSPS) is 12.7. The van der Waals surface area contributed by atoms with E-state index < -0.39 is 11.5 Å². The topological polar surface area (TPSA) is 49.4 Å². The summed E-state index contributed by atoms with van der Waals surface area (Å²) in [5.41, 5.74) is -0.110. The Morgan fingerprint density at radius 3 is 2.38 bits per heavy atom. The summed E-state index contributed by atoms with van der Waals surface area (Å²) < 4.78 is 13.6. The summed E-state index contributed by atoms with van der Waals surface area (Å²) in [4.78, 5) is 25.5. The number of hydrogen-bond donors (Lipinski definition) is 1. The van der Waals surface area contributed by atoms with Gasteiger partial charge in [0.2, 0.25) is 11.8 Å². The zero-order valence-corrected chi connectivity index (χ0v) is 13.2. The Labute approximate surface area is 125 Å². The summed E-state index contributed by atoms with van der Waals surface area (Å²) in [6.07, 6.45) is 0. The highest BCUT2D eigenvalue weighted by atomic mass is 19.1. The van der Waals surface area contributed by atoms with Crippen LogP contribution >= 0.6 is 0 Å². The molecular formula is C16H23FN2O2. The number of halogens is 1. The van der Waals surface area contributed by atoms with Gasteiger partial charge in [-0.05, 0) is 13.0 Å². The molecule has 5 heteroatoms. The zero-order chi connectivity index (χ0) is 16.2. The highest BCUT2D eigenvalue weighted by molar-refractivity contribution is 5.89. The molecule has 1 aromatic carbocycles. The number of carbonyl (C=O) groups is 2. The van der Waals surface area contributed by atoms with Gasteiger partial charge in [-0.25, -0.2) is 4.39 Å². The molecule has 1 rings (SSSR count). The Kier molecular flexibility index (Phi) is 5.47. The van der Waals surface area contributed by atoms with E-state index in [0.29, 0.717) is 5.56 Å². The van der Waals surface area contributed by atoms with Crippen molar-refractivity contribution in [1.82, 2.24) is 10.2 Å². The molecule has 0 saturated heterocycles. The fourth-order valence-corrected chi connectivity index (χ4v) is 1.77. The molecule has 0 aliphatic carbocycles. The van der Waals surface area contributed by atoms with Crippen molar-refractivity contribution >= 4 is 11.8 Å². The van der Waals surface area contributed by atoms with E-state index in [1.165, 1.54) is 11.0 Å². The minimum Gasteiger partial charge on any atom is -0.344 e. The van der Waals surface area contributed by atoms with Crippen LogP contribution in [-0.2, 0) is 16.1 Å². The van der Waals surface area contributed by atoms with Crippen molar-refractivity contribution in [2.45, 2.75) is 40.3 Å². The van der Waals surface area contributed by atoms with E-state index in [1.54, 1.807) is 52.9 Å². The third-order valence-corrected chi connectivity index (χ3v) is 3.14. The van der Waals surface area contributed by atoms with Crippen LogP contribution in [0.2, 0.25) is 0 Å². The fraction of sp³-hybridized carbons (Fsp3) is 0.500. The van der Waals surface area contributed by atoms with Gasteiger partial charge in [0.1, 0.15) is 11.9 Å². The van der Waals surface area contributed by atoms with E-state index in [4.69, 9.17) is 0 Å². The lowest BCUT2D eigenvalue weighted by Gasteiger charge is -2.25. The minimum atomic E-state index is -0.645. The first-order valence-corrected chi connectivity index (χ1v) is 6.92. The van der Waals surface area contributed by atoms with Gasteiger partial charge in [0, 0.05) is 24.6 Å². The molecule has 1 unspecified atom stereocenters. The molecule has 116 valence electrons. The molecule has 0 aromatic heterocycles. The van der Waals surface area contributed by atoms with Crippen LogP contribution in [0.3, 0.4) is 0 Å². The quantitative estimate of drug-likeness (QED) is 0.926. The molecule has 1 aromatic rings.